The van der Waals surface area contributed by atoms with Gasteiger partial charge in [0.2, 0.25) is 0 Å². The fourth-order valence-corrected chi connectivity index (χ4v) is 6.76. The third kappa shape index (κ3) is 5.31. The van der Waals surface area contributed by atoms with Crippen molar-refractivity contribution < 1.29 is 9.53 Å². The van der Waals surface area contributed by atoms with Crippen molar-refractivity contribution >= 4 is 35.8 Å². The Morgan fingerprint density at radius 1 is 1.07 bits per heavy atom. The van der Waals surface area contributed by atoms with Crippen LogP contribution in [-0.4, -0.2) is 69.7 Å². The minimum atomic E-state index is -0.274. The van der Waals surface area contributed by atoms with E-state index in [1.165, 1.54) is 27.8 Å². The van der Waals surface area contributed by atoms with Gasteiger partial charge in [-0.05, 0) is 78.7 Å². The Labute approximate surface area is 246 Å². The molecule has 0 aromatic heterocycles. The van der Waals surface area contributed by atoms with E-state index in [9.17, 15) is 4.79 Å². The van der Waals surface area contributed by atoms with Gasteiger partial charge in [0.05, 0.1) is 37.0 Å². The molecule has 9 nitrogen and oxygen atoms in total. The number of piperidine rings is 1. The normalized spacial score (nSPS) is 23.9. The maximum atomic E-state index is 12.0. The molecule has 2 saturated heterocycles. The molecule has 1 radical (unpaired) electrons. The molecule has 4 aliphatic heterocycles. The van der Waals surface area contributed by atoms with E-state index in [1.807, 2.05) is 18.5 Å². The van der Waals surface area contributed by atoms with Crippen LogP contribution in [-0.2, 0) is 11.2 Å². The molecule has 0 aliphatic carbocycles. The summed E-state index contributed by atoms with van der Waals surface area (Å²) >= 11 is 0. The van der Waals surface area contributed by atoms with Gasteiger partial charge in [-0.1, -0.05) is 48.5 Å². The van der Waals surface area contributed by atoms with Crippen LogP contribution in [0.2, 0.25) is 0 Å². The minimum Gasteiger partial charge on any atom is -0.378 e. The van der Waals surface area contributed by atoms with Crippen LogP contribution in [0.1, 0.15) is 41.5 Å². The molecule has 0 spiro atoms. The van der Waals surface area contributed by atoms with E-state index >= 15 is 0 Å². The molecule has 2 N–H and O–H groups in total. The number of benzene rings is 3. The number of morpholine rings is 1. The van der Waals surface area contributed by atoms with Crippen molar-refractivity contribution in [1.82, 2.24) is 15.5 Å². The maximum absolute atomic E-state index is 12.0. The van der Waals surface area contributed by atoms with Gasteiger partial charge in [0.15, 0.2) is 0 Å². The third-order valence-corrected chi connectivity index (χ3v) is 8.91. The monoisotopic (exact) mass is 562 g/mol. The van der Waals surface area contributed by atoms with Gasteiger partial charge >= 0.3 is 6.03 Å². The highest BCUT2D eigenvalue weighted by atomic mass is 16.5. The smallest absolute Gasteiger partial charge is 0.346 e. The summed E-state index contributed by atoms with van der Waals surface area (Å²) in [4.78, 5) is 25.3. The van der Waals surface area contributed by atoms with Gasteiger partial charge in [-0.3, -0.25) is 9.89 Å². The van der Waals surface area contributed by atoms with Crippen molar-refractivity contribution in [2.45, 2.75) is 37.3 Å². The van der Waals surface area contributed by atoms with E-state index in [0.29, 0.717) is 19.2 Å². The summed E-state index contributed by atoms with van der Waals surface area (Å²) in [5.74, 6) is 0.335. The zero-order valence-corrected chi connectivity index (χ0v) is 23.9. The molecule has 7 rings (SSSR count). The maximum Gasteiger partial charge on any atom is 0.346 e. The number of fused-ring (bicyclic) bond motifs is 1. The van der Waals surface area contributed by atoms with Gasteiger partial charge in [-0.25, -0.2) is 9.79 Å². The molecule has 42 heavy (non-hydrogen) atoms. The minimum absolute atomic E-state index is 0.141. The predicted molar refractivity (Wildman–Crippen MR) is 167 cm³/mol. The van der Waals surface area contributed by atoms with Crippen LogP contribution in [0.15, 0.2) is 70.6 Å². The summed E-state index contributed by atoms with van der Waals surface area (Å²) in [7, 11) is 2.18. The first-order valence-corrected chi connectivity index (χ1v) is 14.8. The molecule has 4 aliphatic rings. The number of likely N-dealkylation sites (N-methyl/N-ethyl adjacent to an activating group) is 1. The van der Waals surface area contributed by atoms with Crippen molar-refractivity contribution in [3.8, 4) is 11.1 Å². The van der Waals surface area contributed by atoms with Gasteiger partial charge in [0.25, 0.3) is 0 Å². The van der Waals surface area contributed by atoms with Gasteiger partial charge in [0.1, 0.15) is 13.0 Å². The lowest BCUT2D eigenvalue weighted by molar-refractivity contribution is 0.00523. The van der Waals surface area contributed by atoms with Crippen molar-refractivity contribution in [3.63, 3.8) is 0 Å². The van der Waals surface area contributed by atoms with E-state index in [0.717, 1.165) is 56.0 Å². The van der Waals surface area contributed by atoms with Crippen LogP contribution in [0.5, 0.6) is 0 Å². The molecule has 3 atom stereocenters. The van der Waals surface area contributed by atoms with Gasteiger partial charge in [0, 0.05) is 18.3 Å². The fourth-order valence-electron chi connectivity index (χ4n) is 6.76. The average molecular weight is 563 g/mol. The summed E-state index contributed by atoms with van der Waals surface area (Å²) in [6.45, 7) is 3.75. The number of urea groups is 1. The fraction of sp³-hybridized carbons (Fsp3) is 0.364. The molecule has 0 saturated carbocycles. The van der Waals surface area contributed by atoms with Crippen molar-refractivity contribution in [2.24, 2.45) is 9.98 Å². The van der Waals surface area contributed by atoms with Crippen LogP contribution in [0.25, 0.3) is 11.1 Å². The number of nitrogens with one attached hydrogen (secondary N) is 2. The standard InChI is InChI=1S/C33H36N7O2/c1-39-12-13-42-18-31(39)28-16-24(27(22-6-3-2-4-7-22)17-30(28)40-20-34-19-35-21-40)15-25-14-23(10-11-36-25)26-8-5-9-29-32(26)38-33(41)37-29/h2-9,16-17,19-20,23,25,31,36H,10-15,18,21H2,1H3,(H,37,41). The van der Waals surface area contributed by atoms with Gasteiger partial charge in [-0.2, -0.15) is 5.32 Å². The van der Waals surface area contributed by atoms with Crippen molar-refractivity contribution in [3.05, 3.63) is 77.4 Å². The first-order valence-electron chi connectivity index (χ1n) is 14.8. The van der Waals surface area contributed by atoms with E-state index in [2.05, 4.69) is 91.3 Å². The Morgan fingerprint density at radius 3 is 2.81 bits per heavy atom. The number of rotatable bonds is 6. The molecule has 3 aromatic rings. The van der Waals surface area contributed by atoms with E-state index in [4.69, 9.17) is 4.74 Å². The predicted octanol–water partition coefficient (Wildman–Crippen LogP) is 5.05. The number of anilines is 2. The van der Waals surface area contributed by atoms with E-state index in [1.54, 1.807) is 6.34 Å². The van der Waals surface area contributed by atoms with Crippen LogP contribution in [0.3, 0.4) is 0 Å². The van der Waals surface area contributed by atoms with E-state index in [-0.39, 0.29) is 18.1 Å². The number of carbonyl (C=O) groups is 1. The number of nitrogens with zero attached hydrogens (tertiary/aromatic N) is 5. The number of aliphatic imine (C=N–C) groups is 2. The summed E-state index contributed by atoms with van der Waals surface area (Å²) in [5.41, 5.74) is 8.91. The molecule has 0 bridgehead atoms. The number of para-hydroxylation sites is 1. The SMILES string of the molecule is CN1CCOCC1c1cc(CC2CC(c3cccc4c3[N]C(=O)N4)CCN2)c(-c2ccccc2)cc1N1C=NC=NC1. The Hall–Kier alpha value is -4.05. The quantitative estimate of drug-likeness (QED) is 0.438. The van der Waals surface area contributed by atoms with Crippen LogP contribution in [0, 0.1) is 0 Å². The van der Waals surface area contributed by atoms with Gasteiger partial charge < -0.3 is 20.3 Å². The van der Waals surface area contributed by atoms with Crippen LogP contribution >= 0.6 is 0 Å². The molecule has 2 fully saturated rings. The first kappa shape index (κ1) is 26.8. The summed E-state index contributed by atoms with van der Waals surface area (Å²) in [6.07, 6.45) is 6.38. The molecule has 2 amide bonds. The Balaban J connectivity index is 1.26. The summed E-state index contributed by atoms with van der Waals surface area (Å²) in [5, 5.41) is 11.0. The number of amides is 2. The number of carbonyl (C=O) groups excluding carboxylic acids is 1. The zero-order valence-electron chi connectivity index (χ0n) is 23.9. The highest BCUT2D eigenvalue weighted by molar-refractivity contribution is 6.03. The Kier molecular flexibility index (Phi) is 7.46. The molecule has 4 heterocycles. The van der Waals surface area contributed by atoms with Gasteiger partial charge in [-0.15, -0.1) is 0 Å². The lowest BCUT2D eigenvalue weighted by Gasteiger charge is -2.36. The van der Waals surface area contributed by atoms with Crippen LogP contribution < -0.4 is 20.9 Å². The van der Waals surface area contributed by atoms with Crippen molar-refractivity contribution in [2.75, 3.05) is 50.2 Å². The van der Waals surface area contributed by atoms with Crippen LogP contribution in [0.4, 0.5) is 21.9 Å². The highest BCUT2D eigenvalue weighted by Crippen LogP contribution is 2.42. The molecule has 9 heteroatoms. The lowest BCUT2D eigenvalue weighted by Crippen LogP contribution is -2.39. The Morgan fingerprint density at radius 2 is 1.98 bits per heavy atom. The second kappa shape index (κ2) is 11.7. The summed E-state index contributed by atoms with van der Waals surface area (Å²) in [6, 6.07) is 21.6. The second-order valence-electron chi connectivity index (χ2n) is 11.5. The second-order valence-corrected chi connectivity index (χ2v) is 11.5. The molecule has 3 aromatic carbocycles. The number of hydrogen-bond acceptors (Lipinski definition) is 7. The topological polar surface area (TPSA) is 95.7 Å². The molecular formula is C33H36N7O2. The average Bonchev–Trinajstić information content (AvgIpc) is 3.42. The highest BCUT2D eigenvalue weighted by Gasteiger charge is 2.31. The number of ether oxygens (including phenoxy) is 1. The number of hydrogen-bond donors (Lipinski definition) is 2. The Bertz CT molecular complexity index is 1520. The molecule has 215 valence electrons. The molecule has 3 unspecified atom stereocenters. The molecular weight excluding hydrogens is 526 g/mol. The lowest BCUT2D eigenvalue weighted by atomic mass is 9.82. The van der Waals surface area contributed by atoms with E-state index < -0.39 is 0 Å². The first-order chi connectivity index (χ1) is 20.6. The zero-order chi connectivity index (χ0) is 28.5. The summed E-state index contributed by atoms with van der Waals surface area (Å²) < 4.78 is 5.99. The van der Waals surface area contributed by atoms with Crippen molar-refractivity contribution in [1.29, 1.82) is 0 Å². The third-order valence-electron chi connectivity index (χ3n) is 8.91. The largest absolute Gasteiger partial charge is 0.378 e.